The molecule has 1 aromatic carbocycles. The number of carbonyl (C=O) groups is 2. The van der Waals surface area contributed by atoms with Gasteiger partial charge in [0.25, 0.3) is 0 Å². The van der Waals surface area contributed by atoms with Gasteiger partial charge < -0.3 is 20.7 Å². The molecule has 1 unspecified atom stereocenters. The molecule has 1 fully saturated rings. The normalized spacial score (nSPS) is 18.5. The molecule has 2 heterocycles. The standard InChI is InChI=1S/C17H23N3O3.ClH/c1-11(21)20-7-4-13-10-14(2-3-15(13)20)19-17(22)16(18)12-5-8-23-9-6-12;/h2-3,10,12,16H,4-9,18H2,1H3,(H,19,22);1H. The number of benzene rings is 1. The summed E-state index contributed by atoms with van der Waals surface area (Å²) in [6.45, 7) is 3.61. The highest BCUT2D eigenvalue weighted by atomic mass is 35.5. The van der Waals surface area contributed by atoms with Crippen molar-refractivity contribution < 1.29 is 14.3 Å². The Morgan fingerprint density at radius 2 is 2.04 bits per heavy atom. The van der Waals surface area contributed by atoms with Gasteiger partial charge in [-0.3, -0.25) is 9.59 Å². The minimum atomic E-state index is -0.513. The van der Waals surface area contributed by atoms with Crippen LogP contribution in [0.15, 0.2) is 18.2 Å². The molecule has 132 valence electrons. The van der Waals surface area contributed by atoms with E-state index in [0.29, 0.717) is 19.8 Å². The SMILES string of the molecule is CC(=O)N1CCc2cc(NC(=O)C(N)C3CCOCC3)ccc21.Cl. The number of rotatable bonds is 3. The van der Waals surface area contributed by atoms with E-state index in [-0.39, 0.29) is 30.1 Å². The lowest BCUT2D eigenvalue weighted by molar-refractivity contribution is -0.119. The number of carbonyl (C=O) groups excluding carboxylic acids is 2. The van der Waals surface area contributed by atoms with E-state index in [1.807, 2.05) is 18.2 Å². The number of fused-ring (bicyclic) bond motifs is 1. The summed E-state index contributed by atoms with van der Waals surface area (Å²) < 4.78 is 5.31. The maximum atomic E-state index is 12.3. The minimum absolute atomic E-state index is 0. The van der Waals surface area contributed by atoms with E-state index < -0.39 is 6.04 Å². The van der Waals surface area contributed by atoms with Gasteiger partial charge in [-0.15, -0.1) is 12.4 Å². The Morgan fingerprint density at radius 3 is 2.71 bits per heavy atom. The molecule has 6 nitrogen and oxygen atoms in total. The van der Waals surface area contributed by atoms with Crippen LogP contribution in [0.25, 0.3) is 0 Å². The maximum Gasteiger partial charge on any atom is 0.241 e. The summed E-state index contributed by atoms with van der Waals surface area (Å²) in [7, 11) is 0. The molecule has 1 saturated heterocycles. The quantitative estimate of drug-likeness (QED) is 0.866. The Kier molecular flexibility index (Phi) is 6.21. The molecule has 0 bridgehead atoms. The van der Waals surface area contributed by atoms with Crippen molar-refractivity contribution in [2.75, 3.05) is 30.0 Å². The topological polar surface area (TPSA) is 84.7 Å². The first-order valence-electron chi connectivity index (χ1n) is 8.11. The van der Waals surface area contributed by atoms with Gasteiger partial charge in [0.05, 0.1) is 6.04 Å². The molecule has 3 rings (SSSR count). The highest BCUT2D eigenvalue weighted by Gasteiger charge is 2.27. The van der Waals surface area contributed by atoms with Crippen LogP contribution in [0.3, 0.4) is 0 Å². The van der Waals surface area contributed by atoms with Crippen molar-refractivity contribution in [3.63, 3.8) is 0 Å². The molecule has 7 heteroatoms. The summed E-state index contributed by atoms with van der Waals surface area (Å²) in [6, 6.07) is 5.14. The lowest BCUT2D eigenvalue weighted by Crippen LogP contribution is -2.44. The molecule has 2 amide bonds. The van der Waals surface area contributed by atoms with E-state index in [0.717, 1.165) is 36.2 Å². The van der Waals surface area contributed by atoms with Gasteiger partial charge >= 0.3 is 0 Å². The van der Waals surface area contributed by atoms with Crippen LogP contribution in [0.4, 0.5) is 11.4 Å². The van der Waals surface area contributed by atoms with Gasteiger partial charge in [-0.1, -0.05) is 0 Å². The number of nitrogens with zero attached hydrogens (tertiary/aromatic N) is 1. The Balaban J connectivity index is 0.00000208. The fourth-order valence-electron chi connectivity index (χ4n) is 3.32. The number of nitrogens with two attached hydrogens (primary N) is 1. The Labute approximate surface area is 148 Å². The van der Waals surface area contributed by atoms with Crippen molar-refractivity contribution in [3.8, 4) is 0 Å². The first kappa shape index (κ1) is 18.7. The monoisotopic (exact) mass is 353 g/mol. The predicted molar refractivity (Wildman–Crippen MR) is 95.6 cm³/mol. The molecule has 0 saturated carbocycles. The maximum absolute atomic E-state index is 12.3. The van der Waals surface area contributed by atoms with Gasteiger partial charge in [0.15, 0.2) is 0 Å². The molecule has 2 aliphatic rings. The van der Waals surface area contributed by atoms with Crippen LogP contribution in [0.1, 0.15) is 25.3 Å². The molecule has 0 radical (unpaired) electrons. The van der Waals surface area contributed by atoms with Crippen LogP contribution in [0, 0.1) is 5.92 Å². The lowest BCUT2D eigenvalue weighted by Gasteiger charge is -2.26. The average molecular weight is 354 g/mol. The van der Waals surface area contributed by atoms with Crippen molar-refractivity contribution in [3.05, 3.63) is 23.8 Å². The van der Waals surface area contributed by atoms with Crippen LogP contribution in [0.5, 0.6) is 0 Å². The number of amides is 2. The summed E-state index contributed by atoms with van der Waals surface area (Å²) in [4.78, 5) is 25.7. The fraction of sp³-hybridized carbons (Fsp3) is 0.529. The molecule has 2 aliphatic heterocycles. The van der Waals surface area contributed by atoms with Gasteiger partial charge in [-0.25, -0.2) is 0 Å². The first-order chi connectivity index (χ1) is 11.1. The van der Waals surface area contributed by atoms with Crippen LogP contribution >= 0.6 is 12.4 Å². The van der Waals surface area contributed by atoms with E-state index >= 15 is 0 Å². The zero-order valence-electron chi connectivity index (χ0n) is 13.8. The Hall–Kier alpha value is -1.63. The third-order valence-corrected chi connectivity index (χ3v) is 4.70. The highest BCUT2D eigenvalue weighted by molar-refractivity contribution is 5.97. The third kappa shape index (κ3) is 3.88. The Morgan fingerprint density at radius 1 is 1.33 bits per heavy atom. The molecule has 1 aromatic rings. The number of halogens is 1. The zero-order chi connectivity index (χ0) is 16.4. The summed E-state index contributed by atoms with van der Waals surface area (Å²) in [6.07, 6.45) is 2.46. The molecule has 3 N–H and O–H groups in total. The van der Waals surface area contributed by atoms with E-state index in [1.165, 1.54) is 0 Å². The lowest BCUT2D eigenvalue weighted by atomic mass is 9.92. The second-order valence-corrected chi connectivity index (χ2v) is 6.23. The fourth-order valence-corrected chi connectivity index (χ4v) is 3.32. The van der Waals surface area contributed by atoms with Crippen molar-refractivity contribution >= 4 is 35.6 Å². The second-order valence-electron chi connectivity index (χ2n) is 6.23. The number of hydrogen-bond acceptors (Lipinski definition) is 4. The Bertz CT molecular complexity index is 617. The van der Waals surface area contributed by atoms with E-state index in [9.17, 15) is 9.59 Å². The summed E-state index contributed by atoms with van der Waals surface area (Å²) in [5, 5.41) is 2.90. The van der Waals surface area contributed by atoms with Crippen molar-refractivity contribution in [1.82, 2.24) is 0 Å². The van der Waals surface area contributed by atoms with E-state index in [1.54, 1.807) is 11.8 Å². The van der Waals surface area contributed by atoms with Gasteiger partial charge in [-0.05, 0) is 48.9 Å². The van der Waals surface area contributed by atoms with Crippen LogP contribution in [-0.4, -0.2) is 37.6 Å². The zero-order valence-corrected chi connectivity index (χ0v) is 14.6. The number of anilines is 2. The van der Waals surface area contributed by atoms with Gasteiger partial charge in [-0.2, -0.15) is 0 Å². The molecule has 1 atom stereocenters. The summed E-state index contributed by atoms with van der Waals surface area (Å²) >= 11 is 0. The number of hydrogen-bond donors (Lipinski definition) is 2. The molecular weight excluding hydrogens is 330 g/mol. The van der Waals surface area contributed by atoms with Crippen molar-refractivity contribution in [2.45, 2.75) is 32.2 Å². The molecule has 24 heavy (non-hydrogen) atoms. The van der Waals surface area contributed by atoms with Crippen LogP contribution < -0.4 is 16.0 Å². The minimum Gasteiger partial charge on any atom is -0.381 e. The third-order valence-electron chi connectivity index (χ3n) is 4.70. The number of nitrogens with one attached hydrogen (secondary N) is 1. The summed E-state index contributed by atoms with van der Waals surface area (Å²) in [5.74, 6) is 0.0618. The van der Waals surface area contributed by atoms with E-state index in [4.69, 9.17) is 10.5 Å². The molecule has 0 spiro atoms. The van der Waals surface area contributed by atoms with Gasteiger partial charge in [0.2, 0.25) is 11.8 Å². The van der Waals surface area contributed by atoms with Gasteiger partial charge in [0, 0.05) is 38.1 Å². The van der Waals surface area contributed by atoms with Crippen LogP contribution in [-0.2, 0) is 20.7 Å². The molecular formula is C17H24ClN3O3. The van der Waals surface area contributed by atoms with Crippen molar-refractivity contribution in [1.29, 1.82) is 0 Å². The predicted octanol–water partition coefficient (Wildman–Crippen LogP) is 1.71. The molecule has 0 aromatic heterocycles. The number of ether oxygens (including phenoxy) is 1. The first-order valence-corrected chi connectivity index (χ1v) is 8.11. The van der Waals surface area contributed by atoms with E-state index in [2.05, 4.69) is 5.32 Å². The smallest absolute Gasteiger partial charge is 0.241 e. The van der Waals surface area contributed by atoms with Crippen LogP contribution in [0.2, 0.25) is 0 Å². The average Bonchev–Trinajstić information content (AvgIpc) is 2.98. The highest BCUT2D eigenvalue weighted by Crippen LogP contribution is 2.30. The summed E-state index contributed by atoms with van der Waals surface area (Å²) in [5.41, 5.74) is 8.85. The largest absolute Gasteiger partial charge is 0.381 e. The van der Waals surface area contributed by atoms with Crippen molar-refractivity contribution in [2.24, 2.45) is 11.7 Å². The molecule has 0 aliphatic carbocycles. The van der Waals surface area contributed by atoms with Gasteiger partial charge in [0.1, 0.15) is 0 Å². The second kappa shape index (κ2) is 7.96.